The van der Waals surface area contributed by atoms with Gasteiger partial charge in [0, 0.05) is 16.2 Å². The predicted molar refractivity (Wildman–Crippen MR) is 116 cm³/mol. The van der Waals surface area contributed by atoms with Crippen molar-refractivity contribution in [1.29, 1.82) is 0 Å². The summed E-state index contributed by atoms with van der Waals surface area (Å²) in [7, 11) is -4.06. The Bertz CT molecular complexity index is 1470. The van der Waals surface area contributed by atoms with E-state index in [9.17, 15) is 23.1 Å². The molecule has 0 unspecified atom stereocenters. The maximum Gasteiger partial charge on any atom is 0.342 e. The molecule has 0 bridgehead atoms. The first kappa shape index (κ1) is 21.4. The third kappa shape index (κ3) is 3.67. The zero-order valence-electron chi connectivity index (χ0n) is 17.2. The van der Waals surface area contributed by atoms with Crippen molar-refractivity contribution in [3.63, 3.8) is 0 Å². The SMILES string of the molecule is CCOC(=O)c1c(C)oc2c1cc(NS(=O)(=O)c1ccc(C(=O)[O-])cc1)c1ccccc12. The number of hydrogen-bond acceptors (Lipinski definition) is 7. The Morgan fingerprint density at radius 1 is 1.03 bits per heavy atom. The molecule has 3 aromatic carbocycles. The van der Waals surface area contributed by atoms with Crippen LogP contribution in [0.2, 0.25) is 0 Å². The van der Waals surface area contributed by atoms with Crippen molar-refractivity contribution < 1.29 is 32.3 Å². The van der Waals surface area contributed by atoms with Gasteiger partial charge in [0.25, 0.3) is 10.0 Å². The van der Waals surface area contributed by atoms with Gasteiger partial charge < -0.3 is 19.1 Å². The lowest BCUT2D eigenvalue weighted by atomic mass is 10.0. The van der Waals surface area contributed by atoms with Gasteiger partial charge in [-0.05, 0) is 37.6 Å². The number of aryl methyl sites for hydroxylation is 1. The third-order valence-corrected chi connectivity index (χ3v) is 6.38. The van der Waals surface area contributed by atoms with Gasteiger partial charge in [0.2, 0.25) is 0 Å². The molecule has 8 nitrogen and oxygen atoms in total. The van der Waals surface area contributed by atoms with Crippen LogP contribution >= 0.6 is 0 Å². The zero-order valence-corrected chi connectivity index (χ0v) is 18.0. The lowest BCUT2D eigenvalue weighted by molar-refractivity contribution is -0.255. The van der Waals surface area contributed by atoms with Crippen LogP contribution in [0.25, 0.3) is 21.7 Å². The minimum absolute atomic E-state index is 0.124. The molecule has 0 aliphatic heterocycles. The number of aromatic carboxylic acids is 1. The Kier molecular flexibility index (Phi) is 5.35. The van der Waals surface area contributed by atoms with Gasteiger partial charge in [-0.15, -0.1) is 0 Å². The summed E-state index contributed by atoms with van der Waals surface area (Å²) in [6.45, 7) is 3.51. The molecule has 4 rings (SSSR count). The van der Waals surface area contributed by atoms with Crippen LogP contribution in [0.15, 0.2) is 63.9 Å². The van der Waals surface area contributed by atoms with Gasteiger partial charge in [0.1, 0.15) is 16.9 Å². The van der Waals surface area contributed by atoms with Crippen molar-refractivity contribution in [2.75, 3.05) is 11.3 Å². The average molecular weight is 452 g/mol. The van der Waals surface area contributed by atoms with Crippen LogP contribution in [0.3, 0.4) is 0 Å². The summed E-state index contributed by atoms with van der Waals surface area (Å²) in [6, 6.07) is 13.2. The van der Waals surface area contributed by atoms with E-state index in [4.69, 9.17) is 9.15 Å². The second kappa shape index (κ2) is 8.01. The van der Waals surface area contributed by atoms with E-state index in [0.29, 0.717) is 27.5 Å². The highest BCUT2D eigenvalue weighted by molar-refractivity contribution is 7.92. The summed E-state index contributed by atoms with van der Waals surface area (Å²) < 4.78 is 39.5. The van der Waals surface area contributed by atoms with Crippen LogP contribution < -0.4 is 9.83 Å². The van der Waals surface area contributed by atoms with Crippen LogP contribution in [0.5, 0.6) is 0 Å². The summed E-state index contributed by atoms with van der Waals surface area (Å²) in [5.74, 6) is -1.60. The van der Waals surface area contributed by atoms with Crippen LogP contribution in [-0.2, 0) is 14.8 Å². The summed E-state index contributed by atoms with van der Waals surface area (Å²) in [6.07, 6.45) is 0. The highest BCUT2D eigenvalue weighted by atomic mass is 32.2. The molecule has 0 aliphatic rings. The van der Waals surface area contributed by atoms with Crippen molar-refractivity contribution in [3.8, 4) is 0 Å². The van der Waals surface area contributed by atoms with Gasteiger partial charge in [-0.1, -0.05) is 36.4 Å². The molecule has 0 saturated heterocycles. The Morgan fingerprint density at radius 2 is 1.69 bits per heavy atom. The van der Waals surface area contributed by atoms with Crippen molar-refractivity contribution in [2.24, 2.45) is 0 Å². The molecule has 32 heavy (non-hydrogen) atoms. The fraction of sp³-hybridized carbons (Fsp3) is 0.130. The van der Waals surface area contributed by atoms with Gasteiger partial charge in [0.05, 0.1) is 23.2 Å². The van der Waals surface area contributed by atoms with Gasteiger partial charge in [-0.2, -0.15) is 0 Å². The van der Waals surface area contributed by atoms with Crippen LogP contribution in [-0.4, -0.2) is 27.0 Å². The number of anilines is 1. The van der Waals surface area contributed by atoms with E-state index < -0.39 is 22.0 Å². The van der Waals surface area contributed by atoms with Gasteiger partial charge in [0.15, 0.2) is 0 Å². The highest BCUT2D eigenvalue weighted by Crippen LogP contribution is 2.37. The lowest BCUT2D eigenvalue weighted by Crippen LogP contribution is -2.22. The Hall–Kier alpha value is -3.85. The smallest absolute Gasteiger partial charge is 0.342 e. The third-order valence-electron chi connectivity index (χ3n) is 5.00. The molecule has 0 aliphatic carbocycles. The van der Waals surface area contributed by atoms with Crippen molar-refractivity contribution >= 4 is 49.4 Å². The molecule has 0 saturated carbocycles. The number of furan rings is 1. The van der Waals surface area contributed by atoms with Gasteiger partial charge in [-0.3, -0.25) is 4.72 Å². The molecule has 164 valence electrons. The van der Waals surface area contributed by atoms with E-state index >= 15 is 0 Å². The maximum atomic E-state index is 13.0. The number of rotatable bonds is 6. The molecule has 0 amide bonds. The van der Waals surface area contributed by atoms with Crippen LogP contribution in [0.1, 0.15) is 33.4 Å². The minimum Gasteiger partial charge on any atom is -0.545 e. The molecule has 1 heterocycles. The molecule has 1 aromatic heterocycles. The number of carboxylic acid groups (broad SMARTS) is 1. The van der Waals surface area contributed by atoms with E-state index in [1.807, 2.05) is 0 Å². The molecule has 9 heteroatoms. The minimum atomic E-state index is -4.06. The van der Waals surface area contributed by atoms with E-state index in [1.54, 1.807) is 38.1 Å². The molecule has 0 fully saturated rings. The summed E-state index contributed by atoms with van der Waals surface area (Å²) >= 11 is 0. The predicted octanol–water partition coefficient (Wildman–Crippen LogP) is 3.24. The Labute approximate surface area is 183 Å². The number of carboxylic acids is 1. The molecule has 0 spiro atoms. The first-order valence-electron chi connectivity index (χ1n) is 9.69. The number of carbonyl (C=O) groups is 2. The number of carbonyl (C=O) groups excluding carboxylic acids is 2. The van der Waals surface area contributed by atoms with Crippen LogP contribution in [0.4, 0.5) is 5.69 Å². The number of fused-ring (bicyclic) bond motifs is 3. The number of esters is 1. The second-order valence-corrected chi connectivity index (χ2v) is 8.70. The Morgan fingerprint density at radius 3 is 2.31 bits per heavy atom. The zero-order chi connectivity index (χ0) is 23.0. The number of sulfonamides is 1. The largest absolute Gasteiger partial charge is 0.545 e. The summed E-state index contributed by atoms with van der Waals surface area (Å²) in [5, 5.41) is 12.5. The summed E-state index contributed by atoms with van der Waals surface area (Å²) in [5.41, 5.74) is 0.779. The van der Waals surface area contributed by atoms with E-state index in [1.165, 1.54) is 18.2 Å². The summed E-state index contributed by atoms with van der Waals surface area (Å²) in [4.78, 5) is 23.3. The lowest BCUT2D eigenvalue weighted by Gasteiger charge is -2.12. The van der Waals surface area contributed by atoms with Gasteiger partial charge in [-0.25, -0.2) is 13.2 Å². The fourth-order valence-corrected chi connectivity index (χ4v) is 4.62. The number of hydrogen-bond donors (Lipinski definition) is 1. The first-order valence-corrected chi connectivity index (χ1v) is 11.2. The Balaban J connectivity index is 1.88. The van der Waals surface area contributed by atoms with Crippen LogP contribution in [0, 0.1) is 6.92 Å². The molecule has 4 aromatic rings. The second-order valence-electron chi connectivity index (χ2n) is 7.02. The monoisotopic (exact) mass is 452 g/mol. The molecular formula is C23H18NO7S-. The van der Waals surface area contributed by atoms with Crippen molar-refractivity contribution in [2.45, 2.75) is 18.7 Å². The number of ether oxygens (including phenoxy) is 1. The van der Waals surface area contributed by atoms with Crippen molar-refractivity contribution in [3.05, 3.63) is 71.5 Å². The highest BCUT2D eigenvalue weighted by Gasteiger charge is 2.24. The van der Waals surface area contributed by atoms with Gasteiger partial charge >= 0.3 is 5.97 Å². The molecule has 0 atom stereocenters. The molecular weight excluding hydrogens is 434 g/mol. The number of benzene rings is 3. The fourth-order valence-electron chi connectivity index (χ4n) is 3.55. The van der Waals surface area contributed by atoms with E-state index in [2.05, 4.69) is 4.72 Å². The molecule has 1 N–H and O–H groups in total. The number of nitrogens with one attached hydrogen (secondary N) is 1. The average Bonchev–Trinajstić information content (AvgIpc) is 3.10. The van der Waals surface area contributed by atoms with Crippen molar-refractivity contribution in [1.82, 2.24) is 0 Å². The van der Waals surface area contributed by atoms with E-state index in [0.717, 1.165) is 12.1 Å². The normalized spacial score (nSPS) is 11.6. The van der Waals surface area contributed by atoms with E-state index in [-0.39, 0.29) is 28.3 Å². The maximum absolute atomic E-state index is 13.0. The standard InChI is InChI=1S/C23H19NO7S/c1-3-30-23(27)20-13(2)31-21-17-7-5-4-6-16(17)19(12-18(20)21)24-32(28,29)15-10-8-14(9-11-15)22(25)26/h4-12,24H,3H2,1-2H3,(H,25,26)/p-1. The first-order chi connectivity index (χ1) is 15.2. The topological polar surface area (TPSA) is 126 Å². The quantitative estimate of drug-likeness (QED) is 0.445. The molecule has 0 radical (unpaired) electrons.